The van der Waals surface area contributed by atoms with Crippen molar-refractivity contribution in [3.05, 3.63) is 95.4 Å². The molecule has 0 saturated carbocycles. The number of aromatic hydroxyl groups is 1. The van der Waals surface area contributed by atoms with E-state index in [4.69, 9.17) is 14.2 Å². The first-order chi connectivity index (χ1) is 20.5. The minimum Gasteiger partial charge on any atom is -0.504 e. The molecule has 2 heterocycles. The number of fused-ring (bicyclic) bond motifs is 5. The number of rotatable bonds is 5. The highest BCUT2D eigenvalue weighted by atomic mass is 19.1. The molecule has 0 bridgehead atoms. The second-order valence-electron chi connectivity index (χ2n) is 10.8. The molecule has 2 aliphatic rings. The molecule has 0 saturated heterocycles. The highest BCUT2D eigenvalue weighted by Gasteiger charge is 2.33. The van der Waals surface area contributed by atoms with Gasteiger partial charge in [-0.25, -0.2) is 4.39 Å². The number of hydrogen-bond donors (Lipinski definition) is 2. The summed E-state index contributed by atoms with van der Waals surface area (Å²) in [6.45, 7) is 18.9. The summed E-state index contributed by atoms with van der Waals surface area (Å²) in [5, 5.41) is 14.2. The van der Waals surface area contributed by atoms with Crippen molar-refractivity contribution in [1.29, 1.82) is 0 Å². The van der Waals surface area contributed by atoms with E-state index in [1.165, 1.54) is 6.92 Å². The molecule has 43 heavy (non-hydrogen) atoms. The summed E-state index contributed by atoms with van der Waals surface area (Å²) < 4.78 is 31.4. The van der Waals surface area contributed by atoms with Gasteiger partial charge in [0.1, 0.15) is 23.9 Å². The fourth-order valence-electron chi connectivity index (χ4n) is 5.09. The molecule has 0 amide bonds. The molecule has 0 unspecified atom stereocenters. The van der Waals surface area contributed by atoms with Crippen LogP contribution in [0, 0.1) is 0 Å². The molecular weight excluding hydrogens is 541 g/mol. The van der Waals surface area contributed by atoms with Crippen molar-refractivity contribution in [2.75, 3.05) is 19.0 Å². The van der Waals surface area contributed by atoms with E-state index in [0.29, 0.717) is 34.1 Å². The molecule has 0 radical (unpaired) electrons. The number of hydrogen-bond acceptors (Lipinski definition) is 5. The Morgan fingerprint density at radius 1 is 1.07 bits per heavy atom. The maximum atomic E-state index is 13.5. The van der Waals surface area contributed by atoms with E-state index in [2.05, 4.69) is 44.8 Å². The molecule has 2 N–H and O–H groups in total. The van der Waals surface area contributed by atoms with Gasteiger partial charge in [0.2, 0.25) is 0 Å². The summed E-state index contributed by atoms with van der Waals surface area (Å²) in [5.41, 5.74) is 6.92. The summed E-state index contributed by atoms with van der Waals surface area (Å²) in [4.78, 5) is 0. The summed E-state index contributed by atoms with van der Waals surface area (Å²) in [6, 6.07) is 15.1. The minimum absolute atomic E-state index is 0.0511. The zero-order valence-corrected chi connectivity index (χ0v) is 26.8. The van der Waals surface area contributed by atoms with Crippen LogP contribution in [-0.4, -0.2) is 24.4 Å². The molecule has 5 rings (SSSR count). The Kier molecular flexibility index (Phi) is 10.9. The van der Waals surface area contributed by atoms with Gasteiger partial charge in [0.05, 0.1) is 24.0 Å². The lowest BCUT2D eigenvalue weighted by Gasteiger charge is -2.35. The maximum Gasteiger partial charge on any atom is 0.172 e. The van der Waals surface area contributed by atoms with E-state index in [1.54, 1.807) is 32.2 Å². The monoisotopic (exact) mass is 585 g/mol. The molecule has 2 aliphatic heterocycles. The van der Waals surface area contributed by atoms with E-state index >= 15 is 0 Å². The Morgan fingerprint density at radius 3 is 2.42 bits per heavy atom. The molecule has 3 aromatic rings. The lowest BCUT2D eigenvalue weighted by atomic mass is 9.83. The quantitative estimate of drug-likeness (QED) is 0.292. The molecule has 3 aromatic carbocycles. The van der Waals surface area contributed by atoms with Crippen molar-refractivity contribution in [3.8, 4) is 34.1 Å². The molecule has 5 nitrogen and oxygen atoms in total. The summed E-state index contributed by atoms with van der Waals surface area (Å²) >= 11 is 0. The molecule has 0 atom stereocenters. The van der Waals surface area contributed by atoms with Gasteiger partial charge in [0.25, 0.3) is 0 Å². The first kappa shape index (κ1) is 33.1. The zero-order valence-electron chi connectivity index (χ0n) is 26.8. The van der Waals surface area contributed by atoms with E-state index in [9.17, 15) is 9.50 Å². The fraction of sp³-hybridized carbons (Fsp3) is 0.297. The average molecular weight is 586 g/mol. The van der Waals surface area contributed by atoms with Crippen LogP contribution in [0.5, 0.6) is 23.0 Å². The van der Waals surface area contributed by atoms with Gasteiger partial charge in [-0.3, -0.25) is 0 Å². The molecule has 228 valence electrons. The van der Waals surface area contributed by atoms with Gasteiger partial charge in [-0.15, -0.1) is 6.58 Å². The highest BCUT2D eigenvalue weighted by Crippen LogP contribution is 2.54. The van der Waals surface area contributed by atoms with E-state index < -0.39 is 0 Å². The Balaban J connectivity index is 0.000000953. The topological polar surface area (TPSA) is 60.0 Å². The summed E-state index contributed by atoms with van der Waals surface area (Å²) in [7, 11) is 1.54. The number of halogens is 1. The molecule has 0 fully saturated rings. The van der Waals surface area contributed by atoms with Crippen LogP contribution >= 0.6 is 0 Å². The molecule has 0 aliphatic carbocycles. The third-order valence-corrected chi connectivity index (χ3v) is 6.87. The van der Waals surface area contributed by atoms with Crippen molar-refractivity contribution < 1.29 is 23.7 Å². The number of benzene rings is 3. The fourth-order valence-corrected chi connectivity index (χ4v) is 5.09. The number of phenolic OH excluding ortho intramolecular Hbond substituents is 1. The molecular formula is C37H44FNO4. The minimum atomic E-state index is -0.236. The lowest BCUT2D eigenvalue weighted by Crippen LogP contribution is -2.32. The second-order valence-corrected chi connectivity index (χ2v) is 10.8. The van der Waals surface area contributed by atoms with Crippen LogP contribution in [0.1, 0.15) is 72.1 Å². The van der Waals surface area contributed by atoms with Gasteiger partial charge in [-0.2, -0.15) is 0 Å². The molecule has 6 heteroatoms. The van der Waals surface area contributed by atoms with Crippen LogP contribution in [0.4, 0.5) is 10.1 Å². The number of methoxy groups -OCH3 is 1. The number of anilines is 1. The van der Waals surface area contributed by atoms with Crippen LogP contribution in [-0.2, 0) is 0 Å². The van der Waals surface area contributed by atoms with Gasteiger partial charge >= 0.3 is 0 Å². The highest BCUT2D eigenvalue weighted by molar-refractivity contribution is 6.02. The van der Waals surface area contributed by atoms with E-state index in [-0.39, 0.29) is 23.7 Å². The predicted molar refractivity (Wildman–Crippen MR) is 179 cm³/mol. The Morgan fingerprint density at radius 2 is 1.77 bits per heavy atom. The van der Waals surface area contributed by atoms with Crippen LogP contribution in [0.2, 0.25) is 0 Å². The number of nitrogens with one attached hydrogen (secondary N) is 1. The number of phenols is 1. The summed E-state index contributed by atoms with van der Waals surface area (Å²) in [6.07, 6.45) is 5.93. The predicted octanol–water partition coefficient (Wildman–Crippen LogP) is 10.4. The first-order valence-electron chi connectivity index (χ1n) is 14.6. The van der Waals surface area contributed by atoms with Gasteiger partial charge < -0.3 is 24.6 Å². The number of ether oxygens (including phenoxy) is 3. The zero-order chi connectivity index (χ0) is 31.9. The van der Waals surface area contributed by atoms with Crippen LogP contribution in [0.3, 0.4) is 0 Å². The summed E-state index contributed by atoms with van der Waals surface area (Å²) in [5.74, 6) is 2.08. The third kappa shape index (κ3) is 7.31. The normalized spacial score (nSPS) is 15.2. The second kappa shape index (κ2) is 14.1. The maximum absolute atomic E-state index is 13.5. The third-order valence-electron chi connectivity index (χ3n) is 6.87. The SMILES string of the molecule is C=CC.CC.COc1c(O)ccc2c1-c1ccc3c(c1/C(=C/c1cccc(OC/C(C)=C(/C)F)c1)O2)C(C)=CC(C)(C)N3. The van der Waals surface area contributed by atoms with Crippen LogP contribution in [0.25, 0.3) is 28.5 Å². The Hall–Kier alpha value is -4.45. The van der Waals surface area contributed by atoms with Crippen molar-refractivity contribution in [1.82, 2.24) is 0 Å². The average Bonchev–Trinajstić information content (AvgIpc) is 2.96. The smallest absolute Gasteiger partial charge is 0.172 e. The van der Waals surface area contributed by atoms with Crippen LogP contribution in [0.15, 0.2) is 78.7 Å². The van der Waals surface area contributed by atoms with Crippen molar-refractivity contribution in [2.24, 2.45) is 0 Å². The lowest BCUT2D eigenvalue weighted by molar-refractivity contribution is 0.347. The van der Waals surface area contributed by atoms with Gasteiger partial charge in [-0.1, -0.05) is 44.2 Å². The number of allylic oxidation sites excluding steroid dienone is 3. The van der Waals surface area contributed by atoms with Gasteiger partial charge in [-0.05, 0) is 94.7 Å². The standard InChI is InChI=1S/C32H32FNO4.C3H6.C2H6/c1-18-16-32(4,5)34-24-11-10-23-29(28(18)24)27(38-26-13-12-25(35)31(36-6)30(23)26)15-21-8-7-9-22(14-21)37-17-19(2)20(3)33;1-3-2;1-2/h7-16,34-35H,17H2,1-6H3;3H,1H2,2H3;1-2H3/b20-19-,27-15-;;. The van der Waals surface area contributed by atoms with Gasteiger partial charge in [0.15, 0.2) is 11.5 Å². The Labute approximate surface area is 256 Å². The van der Waals surface area contributed by atoms with Gasteiger partial charge in [0, 0.05) is 22.4 Å². The molecule has 0 aromatic heterocycles. The first-order valence-corrected chi connectivity index (χ1v) is 14.6. The van der Waals surface area contributed by atoms with E-state index in [1.807, 2.05) is 57.2 Å². The molecule has 0 spiro atoms. The van der Waals surface area contributed by atoms with Crippen molar-refractivity contribution >= 4 is 23.1 Å². The Bertz CT molecular complexity index is 1580. The van der Waals surface area contributed by atoms with Crippen molar-refractivity contribution in [3.63, 3.8) is 0 Å². The van der Waals surface area contributed by atoms with E-state index in [0.717, 1.165) is 33.5 Å². The largest absolute Gasteiger partial charge is 0.504 e. The van der Waals surface area contributed by atoms with Crippen LogP contribution < -0.4 is 19.5 Å². The van der Waals surface area contributed by atoms with Crippen molar-refractivity contribution in [2.45, 2.75) is 60.9 Å².